The molecule has 0 aliphatic heterocycles. The molecule has 170 valence electrons. The predicted molar refractivity (Wildman–Crippen MR) is 116 cm³/mol. The molecule has 1 N–H and O–H groups in total. The molecule has 0 aliphatic carbocycles. The number of esters is 1. The van der Waals surface area contributed by atoms with Gasteiger partial charge in [0.05, 0.1) is 6.10 Å². The fourth-order valence-electron chi connectivity index (χ4n) is 2.74. The molecule has 0 fully saturated rings. The average molecular weight is 424 g/mol. The summed E-state index contributed by atoms with van der Waals surface area (Å²) < 4.78 is 22.9. The molecule has 0 saturated heterocycles. The van der Waals surface area contributed by atoms with E-state index >= 15 is 0 Å². The Labute approximate surface area is 180 Å². The lowest BCUT2D eigenvalue weighted by Crippen LogP contribution is -2.48. The zero-order chi connectivity index (χ0) is 22.7. The molecule has 0 aliphatic rings. The van der Waals surface area contributed by atoms with Gasteiger partial charge in [-0.05, 0) is 59.6 Å². The van der Waals surface area contributed by atoms with Gasteiger partial charge in [0.1, 0.15) is 23.5 Å². The van der Waals surface area contributed by atoms with Gasteiger partial charge in [-0.1, -0.05) is 32.0 Å². The van der Waals surface area contributed by atoms with Crippen LogP contribution >= 0.6 is 0 Å². The number of hydrogen-bond acceptors (Lipinski definition) is 6. The van der Waals surface area contributed by atoms with Crippen LogP contribution in [0.3, 0.4) is 0 Å². The summed E-state index contributed by atoms with van der Waals surface area (Å²) in [5, 5.41) is 2.50. The van der Waals surface area contributed by atoms with E-state index in [2.05, 4.69) is 5.32 Å². The highest BCUT2D eigenvalue weighted by atomic mass is 16.6. The molecule has 30 heavy (non-hydrogen) atoms. The fraction of sp³-hybridized carbons (Fsp3) is 0.652. The Morgan fingerprint density at radius 3 is 2.23 bits per heavy atom. The first-order valence-corrected chi connectivity index (χ1v) is 10.6. The third-order valence-corrected chi connectivity index (χ3v) is 4.17. The highest BCUT2D eigenvalue weighted by Crippen LogP contribution is 2.20. The molecule has 0 aromatic heterocycles. The van der Waals surface area contributed by atoms with Gasteiger partial charge in [0.2, 0.25) is 0 Å². The van der Waals surface area contributed by atoms with Crippen molar-refractivity contribution in [1.29, 1.82) is 0 Å². The topological polar surface area (TPSA) is 83.1 Å². The summed E-state index contributed by atoms with van der Waals surface area (Å²) in [6.45, 7) is 13.2. The monoisotopic (exact) mass is 423 g/mol. The molecular formula is C23H37NO6. The Bertz CT molecular complexity index is 643. The number of ether oxygens (including phenoxy) is 4. The van der Waals surface area contributed by atoms with Gasteiger partial charge in [-0.25, -0.2) is 9.59 Å². The molecule has 1 rings (SSSR count). The normalized spacial score (nSPS) is 15.4. The Hall–Kier alpha value is -2.28. The molecule has 1 aromatic carbocycles. The molecule has 7 nitrogen and oxygen atoms in total. The molecule has 0 unspecified atom stereocenters. The van der Waals surface area contributed by atoms with Crippen LogP contribution in [0.5, 0.6) is 5.75 Å². The van der Waals surface area contributed by atoms with Crippen molar-refractivity contribution >= 4 is 12.1 Å². The second-order valence-corrected chi connectivity index (χ2v) is 8.22. The third kappa shape index (κ3) is 9.48. The molecule has 1 amide bonds. The summed E-state index contributed by atoms with van der Waals surface area (Å²) in [7, 11) is 0. The molecule has 0 bridgehead atoms. The van der Waals surface area contributed by atoms with Gasteiger partial charge in [0.25, 0.3) is 0 Å². The van der Waals surface area contributed by atoms with Crippen LogP contribution in [0.4, 0.5) is 4.79 Å². The zero-order valence-electron chi connectivity index (χ0n) is 19.3. The largest absolute Gasteiger partial charge is 0.484 e. The van der Waals surface area contributed by atoms with E-state index < -0.39 is 35.9 Å². The van der Waals surface area contributed by atoms with Gasteiger partial charge in [0.15, 0.2) is 6.10 Å². The number of rotatable bonds is 11. The van der Waals surface area contributed by atoms with E-state index in [1.54, 1.807) is 34.6 Å². The number of nitrogens with one attached hydrogen (secondary N) is 1. The van der Waals surface area contributed by atoms with Crippen LogP contribution < -0.4 is 10.1 Å². The summed E-state index contributed by atoms with van der Waals surface area (Å²) in [6.07, 6.45) is -0.439. The van der Waals surface area contributed by atoms with E-state index in [0.717, 1.165) is 6.42 Å². The van der Waals surface area contributed by atoms with E-state index in [1.807, 2.05) is 44.2 Å². The summed E-state index contributed by atoms with van der Waals surface area (Å²) in [4.78, 5) is 24.5. The third-order valence-electron chi connectivity index (χ3n) is 4.17. The van der Waals surface area contributed by atoms with Crippen molar-refractivity contribution in [2.75, 3.05) is 6.61 Å². The second-order valence-electron chi connectivity index (χ2n) is 8.22. The van der Waals surface area contributed by atoms with Crippen molar-refractivity contribution in [3.63, 3.8) is 0 Å². The van der Waals surface area contributed by atoms with Gasteiger partial charge in [0, 0.05) is 6.61 Å². The second kappa shape index (κ2) is 12.4. The van der Waals surface area contributed by atoms with E-state index in [-0.39, 0.29) is 6.10 Å². The molecule has 4 atom stereocenters. The van der Waals surface area contributed by atoms with E-state index in [4.69, 9.17) is 18.9 Å². The number of benzene rings is 1. The quantitative estimate of drug-likeness (QED) is 0.528. The van der Waals surface area contributed by atoms with E-state index in [1.165, 1.54) is 0 Å². The maximum absolute atomic E-state index is 12.5. The Balaban J connectivity index is 2.82. The summed E-state index contributed by atoms with van der Waals surface area (Å²) in [5.41, 5.74) is -0.652. The lowest BCUT2D eigenvalue weighted by molar-refractivity contribution is -0.160. The summed E-state index contributed by atoms with van der Waals surface area (Å²) >= 11 is 0. The van der Waals surface area contributed by atoms with E-state index in [9.17, 15) is 9.59 Å². The standard InChI is InChI=1S/C23H37NO6/c1-8-15-27-19(9-2)20(29-18-13-11-10-12-14-18)17(4)28-21(25)16(3)24-22(26)30-23(5,6)7/h10-14,16-17,19-20H,8-9,15H2,1-7H3,(H,24,26)/t16-,17+,19+,20+/m1/s1. The SMILES string of the molecule is CCCO[C@@H](CC)[C@@H](Oc1ccccc1)[C@H](C)OC(=O)[C@@H](C)NC(=O)OC(C)(C)C. The van der Waals surface area contributed by atoms with Crippen molar-refractivity contribution in [2.45, 2.75) is 91.3 Å². The number of carbonyl (C=O) groups is 2. The van der Waals surface area contributed by atoms with Crippen molar-refractivity contribution in [3.8, 4) is 5.75 Å². The van der Waals surface area contributed by atoms with E-state index in [0.29, 0.717) is 18.8 Å². The lowest BCUT2D eigenvalue weighted by atomic mass is 10.1. The minimum Gasteiger partial charge on any atom is -0.484 e. The van der Waals surface area contributed by atoms with Crippen LogP contribution in [0.2, 0.25) is 0 Å². The number of amides is 1. The minimum atomic E-state index is -0.865. The van der Waals surface area contributed by atoms with Gasteiger partial charge in [-0.2, -0.15) is 0 Å². The van der Waals surface area contributed by atoms with Gasteiger partial charge >= 0.3 is 12.1 Å². The number of hydrogen-bond donors (Lipinski definition) is 1. The van der Waals surface area contributed by atoms with Crippen molar-refractivity contribution in [2.24, 2.45) is 0 Å². The molecule has 0 saturated carbocycles. The highest BCUT2D eigenvalue weighted by molar-refractivity contribution is 5.81. The Morgan fingerprint density at radius 1 is 1.07 bits per heavy atom. The summed E-state index contributed by atoms with van der Waals surface area (Å²) in [5.74, 6) is 0.101. The van der Waals surface area contributed by atoms with Crippen LogP contribution in [0.25, 0.3) is 0 Å². The molecule has 0 spiro atoms. The maximum Gasteiger partial charge on any atom is 0.408 e. The number of para-hydroxylation sites is 1. The number of alkyl carbamates (subject to hydrolysis) is 1. The van der Waals surface area contributed by atoms with Gasteiger partial charge in [-0.3, -0.25) is 0 Å². The Kier molecular flexibility index (Phi) is 10.7. The van der Waals surface area contributed by atoms with Gasteiger partial charge < -0.3 is 24.3 Å². The van der Waals surface area contributed by atoms with Crippen LogP contribution in [-0.2, 0) is 19.0 Å². The minimum absolute atomic E-state index is 0.248. The smallest absolute Gasteiger partial charge is 0.408 e. The maximum atomic E-state index is 12.5. The van der Waals surface area contributed by atoms with Gasteiger partial charge in [-0.15, -0.1) is 0 Å². The van der Waals surface area contributed by atoms with Crippen molar-refractivity contribution in [1.82, 2.24) is 5.32 Å². The molecule has 0 heterocycles. The molecule has 1 aromatic rings. The first kappa shape index (κ1) is 25.8. The van der Waals surface area contributed by atoms with Crippen LogP contribution in [0.1, 0.15) is 61.3 Å². The first-order valence-electron chi connectivity index (χ1n) is 10.6. The summed E-state index contributed by atoms with van der Waals surface area (Å²) in [6, 6.07) is 8.49. The number of carbonyl (C=O) groups excluding carboxylic acids is 2. The van der Waals surface area contributed by atoms with Crippen molar-refractivity contribution in [3.05, 3.63) is 30.3 Å². The average Bonchev–Trinajstić information content (AvgIpc) is 2.66. The Morgan fingerprint density at radius 2 is 1.70 bits per heavy atom. The molecular weight excluding hydrogens is 386 g/mol. The predicted octanol–water partition coefficient (Wildman–Crippen LogP) is 4.48. The molecule has 7 heteroatoms. The van der Waals surface area contributed by atoms with Crippen LogP contribution in [0, 0.1) is 0 Å². The fourth-order valence-corrected chi connectivity index (χ4v) is 2.74. The van der Waals surface area contributed by atoms with Crippen molar-refractivity contribution < 1.29 is 28.5 Å². The zero-order valence-corrected chi connectivity index (χ0v) is 19.3. The first-order chi connectivity index (χ1) is 14.1. The lowest BCUT2D eigenvalue weighted by Gasteiger charge is -2.32. The van der Waals surface area contributed by atoms with Crippen LogP contribution in [-0.4, -0.2) is 48.6 Å². The van der Waals surface area contributed by atoms with Crippen LogP contribution in [0.15, 0.2) is 30.3 Å². The highest BCUT2D eigenvalue weighted by Gasteiger charge is 2.33. The molecule has 0 radical (unpaired) electrons.